The molecule has 2 N–H and O–H groups in total. The number of methoxy groups -OCH3 is 3. The number of thiocarbonyl (C=S) groups is 1. The van der Waals surface area contributed by atoms with Crippen molar-refractivity contribution < 1.29 is 19.0 Å². The molecular formula is C18H21ClN2O4S2. The Bertz CT molecular complexity index is 868. The van der Waals surface area contributed by atoms with Gasteiger partial charge in [-0.3, -0.25) is 0 Å². The van der Waals surface area contributed by atoms with Gasteiger partial charge in [-0.1, -0.05) is 18.5 Å². The lowest BCUT2D eigenvalue weighted by Crippen LogP contribution is -2.20. The molecule has 2 aromatic rings. The van der Waals surface area contributed by atoms with Gasteiger partial charge in [-0.15, -0.1) is 11.3 Å². The number of nitrogens with one attached hydrogen (secondary N) is 2. The van der Waals surface area contributed by atoms with Gasteiger partial charge in [-0.2, -0.15) is 0 Å². The third-order valence-corrected chi connectivity index (χ3v) is 5.46. The number of carbonyl (C=O) groups excluding carboxylic acids is 1. The van der Waals surface area contributed by atoms with Crippen molar-refractivity contribution in [2.45, 2.75) is 20.3 Å². The van der Waals surface area contributed by atoms with E-state index in [0.29, 0.717) is 37.9 Å². The van der Waals surface area contributed by atoms with Crippen LogP contribution >= 0.6 is 35.2 Å². The minimum absolute atomic E-state index is 0.295. The average Bonchev–Trinajstić information content (AvgIpc) is 2.95. The van der Waals surface area contributed by atoms with E-state index in [2.05, 4.69) is 10.6 Å². The number of benzene rings is 1. The van der Waals surface area contributed by atoms with Gasteiger partial charge in [0.15, 0.2) is 5.11 Å². The second kappa shape index (κ2) is 9.25. The smallest absolute Gasteiger partial charge is 0.341 e. The van der Waals surface area contributed by atoms with Crippen LogP contribution in [0.4, 0.5) is 10.7 Å². The molecule has 1 aromatic carbocycles. The molecule has 0 radical (unpaired) electrons. The van der Waals surface area contributed by atoms with E-state index in [9.17, 15) is 4.79 Å². The molecule has 0 amide bonds. The second-order valence-corrected chi connectivity index (χ2v) is 7.49. The zero-order valence-electron chi connectivity index (χ0n) is 15.7. The Labute approximate surface area is 172 Å². The quantitative estimate of drug-likeness (QED) is 0.501. The van der Waals surface area contributed by atoms with Gasteiger partial charge in [0.2, 0.25) is 0 Å². The molecule has 27 heavy (non-hydrogen) atoms. The number of carbonyl (C=O) groups is 1. The Morgan fingerprint density at radius 3 is 2.41 bits per heavy atom. The van der Waals surface area contributed by atoms with Gasteiger partial charge in [-0.05, 0) is 37.2 Å². The monoisotopic (exact) mass is 428 g/mol. The molecule has 146 valence electrons. The Morgan fingerprint density at radius 1 is 1.19 bits per heavy atom. The number of aryl methyl sites for hydroxylation is 1. The van der Waals surface area contributed by atoms with Gasteiger partial charge in [0.05, 0.1) is 37.6 Å². The summed E-state index contributed by atoms with van der Waals surface area (Å²) in [7, 11) is 4.42. The summed E-state index contributed by atoms with van der Waals surface area (Å²) in [5.74, 6) is 0.615. The predicted octanol–water partition coefficient (Wildman–Crippen LogP) is 4.89. The van der Waals surface area contributed by atoms with Crippen molar-refractivity contribution in [3.8, 4) is 11.5 Å². The van der Waals surface area contributed by atoms with Crippen molar-refractivity contribution in [1.29, 1.82) is 0 Å². The lowest BCUT2D eigenvalue weighted by molar-refractivity contribution is 0.0601. The lowest BCUT2D eigenvalue weighted by atomic mass is 10.1. The molecule has 0 atom stereocenters. The van der Waals surface area contributed by atoms with E-state index in [1.54, 1.807) is 12.1 Å². The second-order valence-electron chi connectivity index (χ2n) is 5.45. The summed E-state index contributed by atoms with van der Waals surface area (Å²) >= 11 is 13.0. The van der Waals surface area contributed by atoms with E-state index < -0.39 is 5.97 Å². The molecule has 0 saturated heterocycles. The molecule has 1 heterocycles. The fourth-order valence-corrected chi connectivity index (χ4v) is 4.28. The van der Waals surface area contributed by atoms with Gasteiger partial charge >= 0.3 is 5.97 Å². The standard InChI is InChI=1S/C18H21ClN2O4S2/c1-6-10-9(2)27-16(15(10)17(22)25-5)21-18(26)20-12-7-11(19)13(23-3)8-14(12)24-4/h7-8H,6H2,1-5H3,(H2,20,21,26). The molecule has 0 fully saturated rings. The Morgan fingerprint density at radius 2 is 1.85 bits per heavy atom. The average molecular weight is 429 g/mol. The normalized spacial score (nSPS) is 10.3. The summed E-state index contributed by atoms with van der Waals surface area (Å²) in [6.45, 7) is 3.95. The molecule has 0 spiro atoms. The number of anilines is 2. The van der Waals surface area contributed by atoms with E-state index in [1.165, 1.54) is 32.7 Å². The van der Waals surface area contributed by atoms with Gasteiger partial charge in [0.25, 0.3) is 0 Å². The summed E-state index contributed by atoms with van der Waals surface area (Å²) in [6.07, 6.45) is 0.719. The minimum Gasteiger partial charge on any atom is -0.495 e. The molecule has 0 aliphatic heterocycles. The fraction of sp³-hybridized carbons (Fsp3) is 0.333. The van der Waals surface area contributed by atoms with E-state index in [0.717, 1.165) is 16.9 Å². The van der Waals surface area contributed by atoms with Crippen LogP contribution in [-0.2, 0) is 11.2 Å². The maximum absolute atomic E-state index is 12.2. The molecule has 1 aromatic heterocycles. The minimum atomic E-state index is -0.397. The van der Waals surface area contributed by atoms with Crippen LogP contribution in [0, 0.1) is 6.92 Å². The van der Waals surface area contributed by atoms with Crippen molar-refractivity contribution in [3.05, 3.63) is 33.2 Å². The molecule has 0 unspecified atom stereocenters. The largest absolute Gasteiger partial charge is 0.495 e. The highest BCUT2D eigenvalue weighted by molar-refractivity contribution is 7.80. The first-order chi connectivity index (χ1) is 12.9. The molecule has 9 heteroatoms. The van der Waals surface area contributed by atoms with Crippen LogP contribution in [0.3, 0.4) is 0 Å². The van der Waals surface area contributed by atoms with Crippen molar-refractivity contribution in [2.75, 3.05) is 32.0 Å². The lowest BCUT2D eigenvalue weighted by Gasteiger charge is -2.15. The molecular weight excluding hydrogens is 408 g/mol. The predicted molar refractivity (Wildman–Crippen MR) is 114 cm³/mol. The Balaban J connectivity index is 2.29. The Hall–Kier alpha value is -2.03. The van der Waals surface area contributed by atoms with Gasteiger partial charge in [0, 0.05) is 10.9 Å². The van der Waals surface area contributed by atoms with Crippen LogP contribution in [0.2, 0.25) is 5.02 Å². The fourth-order valence-electron chi connectivity index (χ4n) is 2.62. The molecule has 2 rings (SSSR count). The number of esters is 1. The number of thiophene rings is 1. The molecule has 6 nitrogen and oxygen atoms in total. The highest BCUT2D eigenvalue weighted by atomic mass is 35.5. The highest BCUT2D eigenvalue weighted by Crippen LogP contribution is 2.37. The maximum Gasteiger partial charge on any atom is 0.341 e. The number of rotatable bonds is 6. The molecule has 0 saturated carbocycles. The van der Waals surface area contributed by atoms with E-state index >= 15 is 0 Å². The molecule has 0 bridgehead atoms. The highest BCUT2D eigenvalue weighted by Gasteiger charge is 2.22. The number of hydrogen-bond donors (Lipinski definition) is 2. The van der Waals surface area contributed by atoms with Crippen LogP contribution in [0.15, 0.2) is 12.1 Å². The van der Waals surface area contributed by atoms with E-state index in [1.807, 2.05) is 13.8 Å². The summed E-state index contributed by atoms with van der Waals surface area (Å²) in [5.41, 5.74) is 2.03. The number of halogens is 1. The van der Waals surface area contributed by atoms with Gasteiger partial charge in [0.1, 0.15) is 16.5 Å². The van der Waals surface area contributed by atoms with Crippen LogP contribution in [0.1, 0.15) is 27.7 Å². The maximum atomic E-state index is 12.2. The number of ether oxygens (including phenoxy) is 3. The van der Waals surface area contributed by atoms with Crippen LogP contribution < -0.4 is 20.1 Å². The zero-order valence-corrected chi connectivity index (χ0v) is 18.1. The van der Waals surface area contributed by atoms with Crippen molar-refractivity contribution >= 4 is 56.9 Å². The first-order valence-electron chi connectivity index (χ1n) is 8.06. The number of hydrogen-bond acceptors (Lipinski definition) is 6. The molecule has 0 aliphatic carbocycles. The van der Waals surface area contributed by atoms with Crippen LogP contribution in [-0.4, -0.2) is 32.4 Å². The first-order valence-corrected chi connectivity index (χ1v) is 9.66. The zero-order chi connectivity index (χ0) is 20.1. The third kappa shape index (κ3) is 4.63. The SMILES string of the molecule is CCc1c(C)sc(NC(=S)Nc2cc(Cl)c(OC)cc2OC)c1C(=O)OC. The summed E-state index contributed by atoms with van der Waals surface area (Å²) in [4.78, 5) is 13.2. The van der Waals surface area contributed by atoms with Crippen LogP contribution in [0.25, 0.3) is 0 Å². The van der Waals surface area contributed by atoms with Gasteiger partial charge < -0.3 is 24.8 Å². The molecule has 0 aliphatic rings. The third-order valence-electron chi connectivity index (χ3n) is 3.90. The van der Waals surface area contributed by atoms with Crippen molar-refractivity contribution in [1.82, 2.24) is 0 Å². The van der Waals surface area contributed by atoms with Crippen molar-refractivity contribution in [2.24, 2.45) is 0 Å². The van der Waals surface area contributed by atoms with Crippen molar-refractivity contribution in [3.63, 3.8) is 0 Å². The van der Waals surface area contributed by atoms with E-state index in [4.69, 9.17) is 38.0 Å². The summed E-state index contributed by atoms with van der Waals surface area (Å²) in [5, 5.41) is 7.46. The van der Waals surface area contributed by atoms with Gasteiger partial charge in [-0.25, -0.2) is 4.79 Å². The van der Waals surface area contributed by atoms with E-state index in [-0.39, 0.29) is 0 Å². The first kappa shape index (κ1) is 21.3. The Kier molecular flexibility index (Phi) is 7.29. The topological polar surface area (TPSA) is 68.8 Å². The summed E-state index contributed by atoms with van der Waals surface area (Å²) < 4.78 is 15.5. The summed E-state index contributed by atoms with van der Waals surface area (Å²) in [6, 6.07) is 3.32. The van der Waals surface area contributed by atoms with Crippen LogP contribution in [0.5, 0.6) is 11.5 Å².